The molecule has 6 heteroatoms. The van der Waals surface area contributed by atoms with E-state index in [9.17, 15) is 4.79 Å². The maximum Gasteiger partial charge on any atom is 0.319 e. The Hall–Kier alpha value is -1.36. The second kappa shape index (κ2) is 7.59. The van der Waals surface area contributed by atoms with E-state index in [-0.39, 0.29) is 6.03 Å². The fourth-order valence-corrected chi connectivity index (χ4v) is 2.65. The van der Waals surface area contributed by atoms with Gasteiger partial charge in [0.1, 0.15) is 0 Å². The number of hydrogen-bond donors (Lipinski definition) is 2. The van der Waals surface area contributed by atoms with Crippen molar-refractivity contribution in [1.82, 2.24) is 5.32 Å². The van der Waals surface area contributed by atoms with Crippen LogP contribution in [0.5, 0.6) is 0 Å². The Morgan fingerprint density at radius 2 is 2.00 bits per heavy atom. The van der Waals surface area contributed by atoms with Crippen molar-refractivity contribution in [3.05, 3.63) is 58.1 Å². The molecule has 0 fully saturated rings. The van der Waals surface area contributed by atoms with E-state index in [1.54, 1.807) is 30.0 Å². The van der Waals surface area contributed by atoms with E-state index in [2.05, 4.69) is 10.6 Å². The molecule has 2 aromatic carbocycles. The molecule has 2 amide bonds. The largest absolute Gasteiger partial charge is 0.334 e. The number of anilines is 1. The summed E-state index contributed by atoms with van der Waals surface area (Å²) in [6.45, 7) is 0.337. The molecule has 0 aliphatic rings. The van der Waals surface area contributed by atoms with Crippen molar-refractivity contribution in [3.63, 3.8) is 0 Å². The maximum absolute atomic E-state index is 11.9. The predicted molar refractivity (Wildman–Crippen MR) is 90.5 cm³/mol. The van der Waals surface area contributed by atoms with Crippen LogP contribution in [0.4, 0.5) is 10.5 Å². The van der Waals surface area contributed by atoms with Gasteiger partial charge in [-0.25, -0.2) is 4.79 Å². The number of rotatable bonds is 4. The van der Waals surface area contributed by atoms with E-state index >= 15 is 0 Å². The molecule has 0 saturated carbocycles. The molecular formula is C15H14Cl2N2OS. The summed E-state index contributed by atoms with van der Waals surface area (Å²) in [4.78, 5) is 13.0. The van der Waals surface area contributed by atoms with Crippen LogP contribution in [0.3, 0.4) is 0 Å². The fraction of sp³-hybridized carbons (Fsp3) is 0.133. The Balaban J connectivity index is 1.92. The first-order valence-corrected chi connectivity index (χ1v) is 8.19. The SMILES string of the molecule is CSc1cccc(NC(=O)NCc2ccc(Cl)cc2Cl)c1. The third-order valence-electron chi connectivity index (χ3n) is 2.78. The second-order valence-corrected chi connectivity index (χ2v) is 6.00. The summed E-state index contributed by atoms with van der Waals surface area (Å²) in [5, 5.41) is 6.65. The van der Waals surface area contributed by atoms with Crippen LogP contribution < -0.4 is 10.6 Å². The van der Waals surface area contributed by atoms with Gasteiger partial charge in [-0.3, -0.25) is 0 Å². The molecule has 0 spiro atoms. The van der Waals surface area contributed by atoms with Crippen LogP contribution in [0.25, 0.3) is 0 Å². The van der Waals surface area contributed by atoms with E-state index < -0.39 is 0 Å². The van der Waals surface area contributed by atoms with E-state index in [1.165, 1.54) is 0 Å². The molecule has 0 aromatic heterocycles. The van der Waals surface area contributed by atoms with E-state index in [0.29, 0.717) is 16.6 Å². The lowest BCUT2D eigenvalue weighted by Crippen LogP contribution is -2.28. The van der Waals surface area contributed by atoms with E-state index in [1.807, 2.05) is 30.5 Å². The minimum Gasteiger partial charge on any atom is -0.334 e. The van der Waals surface area contributed by atoms with Gasteiger partial charge >= 0.3 is 6.03 Å². The van der Waals surface area contributed by atoms with Crippen molar-refractivity contribution < 1.29 is 4.79 Å². The highest BCUT2D eigenvalue weighted by Crippen LogP contribution is 2.21. The lowest BCUT2D eigenvalue weighted by atomic mass is 10.2. The van der Waals surface area contributed by atoms with Crippen molar-refractivity contribution in [1.29, 1.82) is 0 Å². The molecule has 0 aliphatic heterocycles. The number of amides is 2. The molecule has 110 valence electrons. The molecule has 0 bridgehead atoms. The van der Waals surface area contributed by atoms with Gasteiger partial charge in [0, 0.05) is 27.2 Å². The molecular weight excluding hydrogens is 327 g/mol. The summed E-state index contributed by atoms with van der Waals surface area (Å²) in [5.74, 6) is 0. The topological polar surface area (TPSA) is 41.1 Å². The number of carbonyl (C=O) groups is 1. The van der Waals surface area contributed by atoms with Gasteiger partial charge in [0.25, 0.3) is 0 Å². The Bertz CT molecular complexity index is 649. The molecule has 2 aromatic rings. The molecule has 0 heterocycles. The average Bonchev–Trinajstić information content (AvgIpc) is 2.46. The zero-order chi connectivity index (χ0) is 15.2. The van der Waals surface area contributed by atoms with Gasteiger partial charge < -0.3 is 10.6 Å². The highest BCUT2D eigenvalue weighted by molar-refractivity contribution is 7.98. The highest BCUT2D eigenvalue weighted by atomic mass is 35.5. The average molecular weight is 341 g/mol. The lowest BCUT2D eigenvalue weighted by molar-refractivity contribution is 0.251. The fourth-order valence-electron chi connectivity index (χ4n) is 1.72. The minimum atomic E-state index is -0.278. The lowest BCUT2D eigenvalue weighted by Gasteiger charge is -2.09. The van der Waals surface area contributed by atoms with Crippen molar-refractivity contribution in [2.45, 2.75) is 11.4 Å². The maximum atomic E-state index is 11.9. The monoisotopic (exact) mass is 340 g/mol. The van der Waals surface area contributed by atoms with Gasteiger partial charge in [0.2, 0.25) is 0 Å². The van der Waals surface area contributed by atoms with Gasteiger partial charge in [0.05, 0.1) is 0 Å². The van der Waals surface area contributed by atoms with Crippen molar-refractivity contribution in [2.75, 3.05) is 11.6 Å². The van der Waals surface area contributed by atoms with E-state index in [0.717, 1.165) is 16.1 Å². The van der Waals surface area contributed by atoms with Crippen LogP contribution in [-0.4, -0.2) is 12.3 Å². The van der Waals surface area contributed by atoms with Gasteiger partial charge in [-0.05, 0) is 42.2 Å². The Labute approximate surface area is 138 Å². The van der Waals surface area contributed by atoms with Crippen LogP contribution >= 0.6 is 35.0 Å². The number of nitrogens with one attached hydrogen (secondary N) is 2. The number of benzene rings is 2. The highest BCUT2D eigenvalue weighted by Gasteiger charge is 2.05. The first-order chi connectivity index (χ1) is 10.1. The smallest absolute Gasteiger partial charge is 0.319 e. The number of carbonyl (C=O) groups excluding carboxylic acids is 1. The van der Waals surface area contributed by atoms with Gasteiger partial charge in [0.15, 0.2) is 0 Å². The molecule has 21 heavy (non-hydrogen) atoms. The summed E-state index contributed by atoms with van der Waals surface area (Å²) in [5.41, 5.74) is 1.57. The normalized spacial score (nSPS) is 10.2. The summed E-state index contributed by atoms with van der Waals surface area (Å²) in [7, 11) is 0. The summed E-state index contributed by atoms with van der Waals surface area (Å²) < 4.78 is 0. The number of urea groups is 1. The summed E-state index contributed by atoms with van der Waals surface area (Å²) in [6, 6.07) is 12.6. The van der Waals surface area contributed by atoms with Crippen LogP contribution in [0, 0.1) is 0 Å². The Kier molecular flexibility index (Phi) is 5.79. The van der Waals surface area contributed by atoms with Crippen LogP contribution in [-0.2, 0) is 6.54 Å². The molecule has 0 aliphatic carbocycles. The molecule has 0 radical (unpaired) electrons. The Morgan fingerprint density at radius 3 is 2.71 bits per heavy atom. The first-order valence-electron chi connectivity index (χ1n) is 6.21. The molecule has 2 N–H and O–H groups in total. The third-order valence-corrected chi connectivity index (χ3v) is 4.09. The molecule has 2 rings (SSSR count). The molecule has 0 unspecified atom stereocenters. The van der Waals surface area contributed by atoms with Crippen LogP contribution in [0.2, 0.25) is 10.0 Å². The molecule has 3 nitrogen and oxygen atoms in total. The van der Waals surface area contributed by atoms with Gasteiger partial charge in [-0.2, -0.15) is 0 Å². The third kappa shape index (κ3) is 4.84. The molecule has 0 saturated heterocycles. The summed E-state index contributed by atoms with van der Waals surface area (Å²) in [6.07, 6.45) is 1.99. The number of halogens is 2. The zero-order valence-corrected chi connectivity index (χ0v) is 13.6. The standard InChI is InChI=1S/C15H14Cl2N2OS/c1-21-13-4-2-3-12(8-13)19-15(20)18-9-10-5-6-11(16)7-14(10)17/h2-8H,9H2,1H3,(H2,18,19,20). The zero-order valence-electron chi connectivity index (χ0n) is 11.3. The van der Waals surface area contributed by atoms with Crippen LogP contribution in [0.15, 0.2) is 47.4 Å². The number of thioether (sulfide) groups is 1. The van der Waals surface area contributed by atoms with Gasteiger partial charge in [-0.15, -0.1) is 11.8 Å². The van der Waals surface area contributed by atoms with Crippen molar-refractivity contribution in [3.8, 4) is 0 Å². The van der Waals surface area contributed by atoms with Gasteiger partial charge in [-0.1, -0.05) is 35.3 Å². The minimum absolute atomic E-state index is 0.278. The Morgan fingerprint density at radius 1 is 1.19 bits per heavy atom. The van der Waals surface area contributed by atoms with Crippen molar-refractivity contribution >= 4 is 46.7 Å². The number of hydrogen-bond acceptors (Lipinski definition) is 2. The first kappa shape index (κ1) is 16.0. The van der Waals surface area contributed by atoms with Crippen LogP contribution in [0.1, 0.15) is 5.56 Å². The van der Waals surface area contributed by atoms with Crippen molar-refractivity contribution in [2.24, 2.45) is 0 Å². The molecule has 0 atom stereocenters. The summed E-state index contributed by atoms with van der Waals surface area (Å²) >= 11 is 13.5. The predicted octanol–water partition coefficient (Wildman–Crippen LogP) is 5.04. The quantitative estimate of drug-likeness (QED) is 0.765. The van der Waals surface area contributed by atoms with E-state index in [4.69, 9.17) is 23.2 Å². The second-order valence-electron chi connectivity index (χ2n) is 4.28.